The van der Waals surface area contributed by atoms with Gasteiger partial charge in [0, 0.05) is 30.1 Å². The standard InChI is InChI=1S/C18H23N3O2/c1-13-9-14-5-3-7-19-16(14)15(10-13)20-17(23)21-8-4-6-18(2,11-21)12-22/h3,5,7,9-10,22H,4,6,8,11-12H2,1-2H3,(H,20,23). The van der Waals surface area contributed by atoms with Gasteiger partial charge in [0.2, 0.25) is 0 Å². The van der Waals surface area contributed by atoms with Crippen LogP contribution in [0, 0.1) is 12.3 Å². The summed E-state index contributed by atoms with van der Waals surface area (Å²) in [5, 5.41) is 13.6. The molecule has 1 atom stereocenters. The van der Waals surface area contributed by atoms with E-state index in [0.29, 0.717) is 6.54 Å². The van der Waals surface area contributed by atoms with Gasteiger partial charge in [-0.2, -0.15) is 0 Å². The van der Waals surface area contributed by atoms with Crippen LogP contribution in [0.5, 0.6) is 0 Å². The fourth-order valence-electron chi connectivity index (χ4n) is 3.25. The predicted octanol–water partition coefficient (Wildman–Crippen LogP) is 3.17. The van der Waals surface area contributed by atoms with E-state index in [1.807, 2.05) is 32.0 Å². The molecule has 1 fully saturated rings. The molecule has 1 aliphatic rings. The first-order valence-corrected chi connectivity index (χ1v) is 8.03. The van der Waals surface area contributed by atoms with Crippen molar-refractivity contribution in [2.45, 2.75) is 26.7 Å². The normalized spacial score (nSPS) is 21.4. The van der Waals surface area contributed by atoms with Crippen LogP contribution in [0.1, 0.15) is 25.3 Å². The van der Waals surface area contributed by atoms with Crippen LogP contribution in [-0.4, -0.2) is 40.7 Å². The SMILES string of the molecule is Cc1cc(NC(=O)N2CCCC(C)(CO)C2)c2ncccc2c1. The molecule has 1 aromatic heterocycles. The molecule has 122 valence electrons. The van der Waals surface area contributed by atoms with Gasteiger partial charge in [0.1, 0.15) is 0 Å². The van der Waals surface area contributed by atoms with E-state index < -0.39 is 0 Å². The topological polar surface area (TPSA) is 65.5 Å². The number of aliphatic hydroxyl groups excluding tert-OH is 1. The van der Waals surface area contributed by atoms with Crippen molar-refractivity contribution in [3.8, 4) is 0 Å². The number of likely N-dealkylation sites (tertiary alicyclic amines) is 1. The molecule has 23 heavy (non-hydrogen) atoms. The Hall–Kier alpha value is -2.14. The number of rotatable bonds is 2. The highest BCUT2D eigenvalue weighted by Gasteiger charge is 2.32. The highest BCUT2D eigenvalue weighted by Crippen LogP contribution is 2.30. The van der Waals surface area contributed by atoms with Crippen molar-refractivity contribution in [1.29, 1.82) is 0 Å². The van der Waals surface area contributed by atoms with E-state index in [1.165, 1.54) is 0 Å². The number of nitrogens with one attached hydrogen (secondary N) is 1. The zero-order valence-corrected chi connectivity index (χ0v) is 13.7. The number of aromatic nitrogens is 1. The summed E-state index contributed by atoms with van der Waals surface area (Å²) in [5.41, 5.74) is 2.41. The summed E-state index contributed by atoms with van der Waals surface area (Å²) in [6, 6.07) is 7.77. The van der Waals surface area contributed by atoms with Gasteiger partial charge in [0.05, 0.1) is 17.8 Å². The Morgan fingerprint density at radius 3 is 3.09 bits per heavy atom. The fourth-order valence-corrected chi connectivity index (χ4v) is 3.25. The molecule has 3 rings (SSSR count). The number of amides is 2. The minimum Gasteiger partial charge on any atom is -0.396 e. The molecule has 2 aromatic rings. The van der Waals surface area contributed by atoms with Crippen LogP contribution in [0.4, 0.5) is 10.5 Å². The van der Waals surface area contributed by atoms with Crippen LogP contribution >= 0.6 is 0 Å². The van der Waals surface area contributed by atoms with Crippen molar-refractivity contribution in [2.24, 2.45) is 5.41 Å². The quantitative estimate of drug-likeness (QED) is 0.895. The maximum absolute atomic E-state index is 12.6. The number of aliphatic hydroxyl groups is 1. The molecule has 2 heterocycles. The van der Waals surface area contributed by atoms with Crippen molar-refractivity contribution in [3.05, 3.63) is 36.0 Å². The van der Waals surface area contributed by atoms with E-state index >= 15 is 0 Å². The third-order valence-electron chi connectivity index (χ3n) is 4.54. The van der Waals surface area contributed by atoms with Gasteiger partial charge in [-0.1, -0.05) is 13.0 Å². The van der Waals surface area contributed by atoms with E-state index in [1.54, 1.807) is 11.1 Å². The summed E-state index contributed by atoms with van der Waals surface area (Å²) in [5.74, 6) is 0. The van der Waals surface area contributed by atoms with Gasteiger partial charge in [-0.3, -0.25) is 4.98 Å². The Balaban J connectivity index is 1.83. The number of carbonyl (C=O) groups excluding carboxylic acids is 1. The monoisotopic (exact) mass is 313 g/mol. The lowest BCUT2D eigenvalue weighted by Crippen LogP contribution is -2.48. The Kier molecular flexibility index (Phi) is 4.22. The number of nitrogens with zero attached hydrogens (tertiary/aromatic N) is 2. The van der Waals surface area contributed by atoms with Crippen LogP contribution in [0.25, 0.3) is 10.9 Å². The average Bonchev–Trinajstić information content (AvgIpc) is 2.54. The summed E-state index contributed by atoms with van der Waals surface area (Å²) in [4.78, 5) is 18.8. The highest BCUT2D eigenvalue weighted by atomic mass is 16.3. The Morgan fingerprint density at radius 2 is 2.30 bits per heavy atom. The summed E-state index contributed by atoms with van der Waals surface area (Å²) < 4.78 is 0. The largest absolute Gasteiger partial charge is 0.396 e. The average molecular weight is 313 g/mol. The van der Waals surface area contributed by atoms with Crippen LogP contribution in [0.2, 0.25) is 0 Å². The van der Waals surface area contributed by atoms with Gasteiger partial charge < -0.3 is 15.3 Å². The summed E-state index contributed by atoms with van der Waals surface area (Å²) in [6.07, 6.45) is 3.59. The first-order chi connectivity index (χ1) is 11.0. The minimum atomic E-state index is -0.206. The van der Waals surface area contributed by atoms with Crippen molar-refractivity contribution < 1.29 is 9.90 Å². The third kappa shape index (κ3) is 3.29. The number of aryl methyl sites for hydroxylation is 1. The summed E-state index contributed by atoms with van der Waals surface area (Å²) in [6.45, 7) is 5.43. The number of anilines is 1. The molecule has 5 nitrogen and oxygen atoms in total. The van der Waals surface area contributed by atoms with E-state index in [2.05, 4.69) is 16.4 Å². The van der Waals surface area contributed by atoms with Gasteiger partial charge >= 0.3 is 6.03 Å². The van der Waals surface area contributed by atoms with Crippen LogP contribution in [-0.2, 0) is 0 Å². The summed E-state index contributed by atoms with van der Waals surface area (Å²) >= 11 is 0. The van der Waals surface area contributed by atoms with Gasteiger partial charge in [-0.05, 0) is 43.5 Å². The van der Waals surface area contributed by atoms with E-state index in [-0.39, 0.29) is 18.1 Å². The number of hydrogen-bond acceptors (Lipinski definition) is 3. The molecule has 0 saturated carbocycles. The van der Waals surface area contributed by atoms with Crippen LogP contribution < -0.4 is 5.32 Å². The third-order valence-corrected chi connectivity index (χ3v) is 4.54. The molecule has 1 saturated heterocycles. The van der Waals surface area contributed by atoms with Crippen molar-refractivity contribution >= 4 is 22.6 Å². The molecular weight excluding hydrogens is 290 g/mol. The number of carbonyl (C=O) groups is 1. The zero-order chi connectivity index (χ0) is 16.4. The minimum absolute atomic E-state index is 0.103. The molecule has 0 aliphatic carbocycles. The van der Waals surface area contributed by atoms with Gasteiger partial charge in [-0.25, -0.2) is 4.79 Å². The second-order valence-electron chi connectivity index (χ2n) is 6.81. The molecule has 1 unspecified atom stereocenters. The molecule has 0 bridgehead atoms. The van der Waals surface area contributed by atoms with Gasteiger partial charge in [0.15, 0.2) is 0 Å². The molecule has 0 radical (unpaired) electrons. The number of pyridine rings is 1. The van der Waals surface area contributed by atoms with Gasteiger partial charge in [0.25, 0.3) is 0 Å². The number of urea groups is 1. The fraction of sp³-hybridized carbons (Fsp3) is 0.444. The molecule has 1 aliphatic heterocycles. The molecule has 1 aromatic carbocycles. The van der Waals surface area contributed by atoms with Gasteiger partial charge in [-0.15, -0.1) is 0 Å². The smallest absolute Gasteiger partial charge is 0.321 e. The molecule has 2 amide bonds. The first kappa shape index (κ1) is 15.7. The van der Waals surface area contributed by atoms with E-state index in [0.717, 1.165) is 41.5 Å². The Labute approximate surface area is 136 Å². The van der Waals surface area contributed by atoms with Crippen LogP contribution in [0.15, 0.2) is 30.5 Å². The number of fused-ring (bicyclic) bond motifs is 1. The lowest BCUT2D eigenvalue weighted by Gasteiger charge is -2.39. The number of piperidine rings is 1. The Morgan fingerprint density at radius 1 is 1.48 bits per heavy atom. The first-order valence-electron chi connectivity index (χ1n) is 8.03. The van der Waals surface area contributed by atoms with Crippen molar-refractivity contribution in [2.75, 3.05) is 25.0 Å². The van der Waals surface area contributed by atoms with Crippen molar-refractivity contribution in [3.63, 3.8) is 0 Å². The molecular formula is C18H23N3O2. The molecule has 0 spiro atoms. The lowest BCUT2D eigenvalue weighted by atomic mass is 9.83. The zero-order valence-electron chi connectivity index (χ0n) is 13.7. The maximum Gasteiger partial charge on any atom is 0.321 e. The number of hydrogen-bond donors (Lipinski definition) is 2. The number of benzene rings is 1. The van der Waals surface area contributed by atoms with E-state index in [9.17, 15) is 9.90 Å². The van der Waals surface area contributed by atoms with Crippen LogP contribution in [0.3, 0.4) is 0 Å². The second kappa shape index (κ2) is 6.16. The summed E-state index contributed by atoms with van der Waals surface area (Å²) in [7, 11) is 0. The molecule has 2 N–H and O–H groups in total. The Bertz CT molecular complexity index is 731. The lowest BCUT2D eigenvalue weighted by molar-refractivity contribution is 0.0648. The second-order valence-corrected chi connectivity index (χ2v) is 6.81. The molecule has 5 heteroatoms. The highest BCUT2D eigenvalue weighted by molar-refractivity contribution is 6.00. The predicted molar refractivity (Wildman–Crippen MR) is 91.5 cm³/mol. The maximum atomic E-state index is 12.6. The van der Waals surface area contributed by atoms with Crippen molar-refractivity contribution in [1.82, 2.24) is 9.88 Å². The van der Waals surface area contributed by atoms with E-state index in [4.69, 9.17) is 0 Å².